The van der Waals surface area contributed by atoms with Gasteiger partial charge in [-0.05, 0) is 43.3 Å². The highest BCUT2D eigenvalue weighted by Crippen LogP contribution is 2.31. The van der Waals surface area contributed by atoms with Gasteiger partial charge in [-0.3, -0.25) is 4.79 Å². The summed E-state index contributed by atoms with van der Waals surface area (Å²) in [5, 5.41) is 5.38. The molecule has 4 aromatic rings. The Morgan fingerprint density at radius 2 is 1.86 bits per heavy atom. The molecule has 0 spiro atoms. The van der Waals surface area contributed by atoms with Crippen LogP contribution in [0.15, 0.2) is 54.6 Å². The molecule has 0 saturated heterocycles. The van der Waals surface area contributed by atoms with E-state index < -0.39 is 0 Å². The topological polar surface area (TPSA) is 38.1 Å². The number of amides is 1. The zero-order chi connectivity index (χ0) is 19.8. The van der Waals surface area contributed by atoms with Crippen LogP contribution in [0.25, 0.3) is 15.9 Å². The predicted molar refractivity (Wildman–Crippen MR) is 106 cm³/mol. The molecule has 142 valence electrons. The van der Waals surface area contributed by atoms with Crippen molar-refractivity contribution < 1.29 is 13.6 Å². The molecule has 0 N–H and O–H groups in total. The Morgan fingerprint density at radius 1 is 1.14 bits per heavy atom. The summed E-state index contributed by atoms with van der Waals surface area (Å²) < 4.78 is 28.8. The largest absolute Gasteiger partial charge is 0.337 e. The number of hydrogen-bond donors (Lipinski definition) is 0. The van der Waals surface area contributed by atoms with Crippen LogP contribution >= 0.6 is 11.3 Å². The molecule has 0 aliphatic carbocycles. The van der Waals surface area contributed by atoms with Crippen LogP contribution in [0, 0.1) is 18.6 Å². The van der Waals surface area contributed by atoms with E-state index in [-0.39, 0.29) is 24.1 Å². The van der Waals surface area contributed by atoms with Gasteiger partial charge in [0.1, 0.15) is 16.5 Å². The second-order valence-corrected chi connectivity index (χ2v) is 7.59. The number of carbonyl (C=O) groups excluding carboxylic acids is 1. The van der Waals surface area contributed by atoms with Gasteiger partial charge in [0.05, 0.1) is 16.3 Å². The van der Waals surface area contributed by atoms with Crippen LogP contribution in [0.5, 0.6) is 0 Å². The number of aryl methyl sites for hydroxylation is 1. The molecule has 0 fully saturated rings. The number of benzene rings is 2. The highest BCUT2D eigenvalue weighted by molar-refractivity contribution is 7.20. The molecule has 4 nitrogen and oxygen atoms in total. The quantitative estimate of drug-likeness (QED) is 0.489. The molecule has 0 bridgehead atoms. The Balaban J connectivity index is 1.66. The number of fused-ring (bicyclic) bond motifs is 1. The van der Waals surface area contributed by atoms with Gasteiger partial charge < -0.3 is 4.90 Å². The van der Waals surface area contributed by atoms with Crippen molar-refractivity contribution in [1.29, 1.82) is 0 Å². The molecule has 0 atom stereocenters. The lowest BCUT2D eigenvalue weighted by Crippen LogP contribution is -2.25. The van der Waals surface area contributed by atoms with Gasteiger partial charge in [0.2, 0.25) is 0 Å². The third-order valence-electron chi connectivity index (χ3n) is 4.54. The third kappa shape index (κ3) is 3.29. The van der Waals surface area contributed by atoms with Crippen molar-refractivity contribution in [1.82, 2.24) is 14.7 Å². The Kier molecular flexibility index (Phi) is 4.68. The number of hydrogen-bond acceptors (Lipinski definition) is 3. The van der Waals surface area contributed by atoms with Crippen molar-refractivity contribution in [3.63, 3.8) is 0 Å². The maximum absolute atomic E-state index is 13.9. The number of rotatable bonds is 4. The highest BCUT2D eigenvalue weighted by Gasteiger charge is 2.20. The van der Waals surface area contributed by atoms with Crippen LogP contribution < -0.4 is 0 Å². The van der Waals surface area contributed by atoms with Gasteiger partial charge in [-0.15, -0.1) is 11.3 Å². The van der Waals surface area contributed by atoms with Crippen LogP contribution in [-0.4, -0.2) is 27.6 Å². The zero-order valence-electron chi connectivity index (χ0n) is 15.3. The number of nitrogens with zero attached hydrogens (tertiary/aromatic N) is 3. The summed E-state index contributed by atoms with van der Waals surface area (Å²) in [4.78, 5) is 15.7. The molecular formula is C21H17F2N3OS. The molecule has 0 unspecified atom stereocenters. The van der Waals surface area contributed by atoms with Crippen LogP contribution in [0.1, 0.15) is 20.9 Å². The molecule has 7 heteroatoms. The summed E-state index contributed by atoms with van der Waals surface area (Å²) in [5.41, 5.74) is 1.97. The molecule has 2 aromatic heterocycles. The van der Waals surface area contributed by atoms with E-state index in [1.807, 2.05) is 13.0 Å². The molecule has 0 aliphatic heterocycles. The summed E-state index contributed by atoms with van der Waals surface area (Å²) in [6.45, 7) is 2.05. The summed E-state index contributed by atoms with van der Waals surface area (Å²) in [7, 11) is 1.65. The lowest BCUT2D eigenvalue weighted by atomic mass is 10.2. The van der Waals surface area contributed by atoms with Gasteiger partial charge in [0, 0.05) is 24.5 Å². The Bertz CT molecular complexity index is 1160. The first-order chi connectivity index (χ1) is 13.4. The van der Waals surface area contributed by atoms with Gasteiger partial charge >= 0.3 is 0 Å². The molecule has 0 radical (unpaired) electrons. The van der Waals surface area contributed by atoms with E-state index in [0.29, 0.717) is 10.4 Å². The maximum Gasteiger partial charge on any atom is 0.264 e. The molecule has 0 aliphatic rings. The molecule has 0 saturated carbocycles. The smallest absolute Gasteiger partial charge is 0.264 e. The van der Waals surface area contributed by atoms with Crippen molar-refractivity contribution in [2.75, 3.05) is 7.05 Å². The molecular weight excluding hydrogens is 380 g/mol. The maximum atomic E-state index is 13.9. The first-order valence-corrected chi connectivity index (χ1v) is 9.49. The molecule has 4 rings (SSSR count). The fourth-order valence-electron chi connectivity index (χ4n) is 3.05. The van der Waals surface area contributed by atoms with E-state index in [1.165, 1.54) is 34.4 Å². The monoisotopic (exact) mass is 397 g/mol. The summed E-state index contributed by atoms with van der Waals surface area (Å²) >= 11 is 1.32. The second kappa shape index (κ2) is 7.16. The number of halogens is 2. The van der Waals surface area contributed by atoms with Gasteiger partial charge in [-0.25, -0.2) is 13.5 Å². The van der Waals surface area contributed by atoms with Gasteiger partial charge in [-0.2, -0.15) is 5.10 Å². The minimum Gasteiger partial charge on any atom is -0.337 e. The summed E-state index contributed by atoms with van der Waals surface area (Å²) in [6.07, 6.45) is 0. The zero-order valence-corrected chi connectivity index (χ0v) is 16.1. The fraction of sp³-hybridized carbons (Fsp3) is 0.143. The van der Waals surface area contributed by atoms with E-state index >= 15 is 0 Å². The van der Waals surface area contributed by atoms with Crippen molar-refractivity contribution in [3.8, 4) is 5.69 Å². The van der Waals surface area contributed by atoms with Crippen LogP contribution in [0.3, 0.4) is 0 Å². The fourth-order valence-corrected chi connectivity index (χ4v) is 4.23. The molecule has 1 amide bonds. The predicted octanol–water partition coefficient (Wildman–Crippen LogP) is 4.95. The first kappa shape index (κ1) is 18.3. The summed E-state index contributed by atoms with van der Waals surface area (Å²) in [6, 6.07) is 14.3. The Morgan fingerprint density at radius 3 is 2.57 bits per heavy atom. The van der Waals surface area contributed by atoms with Gasteiger partial charge in [0.25, 0.3) is 5.91 Å². The number of carbonyl (C=O) groups is 1. The number of thiophene rings is 1. The van der Waals surface area contributed by atoms with E-state index in [2.05, 4.69) is 5.10 Å². The molecule has 2 aromatic carbocycles. The van der Waals surface area contributed by atoms with Crippen LogP contribution in [0.4, 0.5) is 8.78 Å². The van der Waals surface area contributed by atoms with E-state index in [9.17, 15) is 13.6 Å². The SMILES string of the molecule is Cc1nn(-c2ccc(F)cc2)c2sc(C(=O)N(C)Cc3ccccc3F)cc12. The second-order valence-electron chi connectivity index (χ2n) is 6.56. The first-order valence-electron chi connectivity index (χ1n) is 8.68. The van der Waals surface area contributed by atoms with Crippen LogP contribution in [0.2, 0.25) is 0 Å². The minimum absolute atomic E-state index is 0.183. The minimum atomic E-state index is -0.332. The van der Waals surface area contributed by atoms with E-state index in [1.54, 1.807) is 42.1 Å². The van der Waals surface area contributed by atoms with Crippen molar-refractivity contribution in [3.05, 3.63) is 82.4 Å². The van der Waals surface area contributed by atoms with Crippen molar-refractivity contribution in [2.45, 2.75) is 13.5 Å². The van der Waals surface area contributed by atoms with Gasteiger partial charge in [0.15, 0.2) is 0 Å². The van der Waals surface area contributed by atoms with Gasteiger partial charge in [-0.1, -0.05) is 18.2 Å². The van der Waals surface area contributed by atoms with E-state index in [0.717, 1.165) is 21.6 Å². The normalized spacial score (nSPS) is 11.1. The standard InChI is InChI=1S/C21H17F2N3OS/c1-13-17-11-19(20(27)25(2)12-14-5-3-4-6-18(14)23)28-21(17)26(24-13)16-9-7-15(22)8-10-16/h3-11H,12H2,1-2H3. The highest BCUT2D eigenvalue weighted by atomic mass is 32.1. The Labute approximate surface area is 164 Å². The van der Waals surface area contributed by atoms with Crippen molar-refractivity contribution in [2.24, 2.45) is 0 Å². The molecule has 2 heterocycles. The third-order valence-corrected chi connectivity index (χ3v) is 5.64. The lowest BCUT2D eigenvalue weighted by Gasteiger charge is -2.16. The average Bonchev–Trinajstić information content (AvgIpc) is 3.24. The summed E-state index contributed by atoms with van der Waals surface area (Å²) in [5.74, 6) is -0.837. The Hall–Kier alpha value is -3.06. The lowest BCUT2D eigenvalue weighted by molar-refractivity contribution is 0.0788. The van der Waals surface area contributed by atoms with Crippen molar-refractivity contribution >= 4 is 27.5 Å². The number of aromatic nitrogens is 2. The molecule has 28 heavy (non-hydrogen) atoms. The van der Waals surface area contributed by atoms with Crippen LogP contribution in [-0.2, 0) is 6.54 Å². The average molecular weight is 397 g/mol. The van der Waals surface area contributed by atoms with E-state index in [4.69, 9.17) is 0 Å².